The van der Waals surface area contributed by atoms with E-state index in [9.17, 15) is 15.0 Å². The summed E-state index contributed by atoms with van der Waals surface area (Å²) in [7, 11) is -1.43. The summed E-state index contributed by atoms with van der Waals surface area (Å²) in [6.07, 6.45) is 8.93. The molecule has 30 heavy (non-hydrogen) atoms. The van der Waals surface area contributed by atoms with Gasteiger partial charge in [-0.2, -0.15) is 0 Å². The molecule has 0 aromatic rings. The highest BCUT2D eigenvalue weighted by molar-refractivity contribution is 7.69. The minimum atomic E-state index is -1.43. The van der Waals surface area contributed by atoms with Crippen molar-refractivity contribution in [1.82, 2.24) is 4.90 Å². The molecular formula is C23H41NO5P+. The minimum absolute atomic E-state index is 0.0791. The highest BCUT2D eigenvalue weighted by atomic mass is 31.2. The summed E-state index contributed by atoms with van der Waals surface area (Å²) in [6, 6.07) is 0. The molecule has 6 nitrogen and oxygen atoms in total. The van der Waals surface area contributed by atoms with Crippen LogP contribution < -0.4 is 0 Å². The molecule has 0 spiro atoms. The standard InChI is InChI=1S/C23H41NO5P/c1-6-7-13-19-24-21(26)18(14-15-29-30(3,4)5)22(2,27)23(24,16-28-19)20(25)17-11-9-8-10-12-17/h9,11,17-20,25,27H,6-8,10,12-16H2,1-5H3/q+1/t17-,18+,19+,20+,22+,23-/m1/s1. The number of amides is 1. The van der Waals surface area contributed by atoms with Crippen LogP contribution in [0.15, 0.2) is 12.2 Å². The average molecular weight is 443 g/mol. The lowest BCUT2D eigenvalue weighted by molar-refractivity contribution is -0.142. The smallest absolute Gasteiger partial charge is 0.231 e. The van der Waals surface area contributed by atoms with Crippen LogP contribution >= 0.6 is 7.49 Å². The molecule has 2 N–H and O–H groups in total. The third-order valence-corrected chi connectivity index (χ3v) is 8.14. The molecule has 7 heteroatoms. The fraction of sp³-hybridized carbons (Fsp3) is 0.870. The minimum Gasteiger partial charge on any atom is -0.390 e. The van der Waals surface area contributed by atoms with Crippen molar-refractivity contribution in [2.45, 2.75) is 82.3 Å². The number of hydrogen-bond donors (Lipinski definition) is 2. The molecule has 3 aliphatic rings. The van der Waals surface area contributed by atoms with Gasteiger partial charge < -0.3 is 19.8 Å². The van der Waals surface area contributed by atoms with E-state index in [0.29, 0.717) is 13.0 Å². The van der Waals surface area contributed by atoms with E-state index < -0.39 is 30.7 Å². The van der Waals surface area contributed by atoms with Crippen molar-refractivity contribution in [3.63, 3.8) is 0 Å². The number of allylic oxidation sites excluding steroid dienone is 1. The van der Waals surface area contributed by atoms with Gasteiger partial charge >= 0.3 is 0 Å². The summed E-state index contributed by atoms with van der Waals surface area (Å²) in [5.74, 6) is -0.780. The van der Waals surface area contributed by atoms with Crippen molar-refractivity contribution in [2.24, 2.45) is 11.8 Å². The van der Waals surface area contributed by atoms with Crippen molar-refractivity contribution >= 4 is 13.4 Å². The molecule has 2 aliphatic heterocycles. The van der Waals surface area contributed by atoms with Crippen LogP contribution in [0.25, 0.3) is 0 Å². The number of carbonyl (C=O) groups excluding carboxylic acids is 1. The molecule has 1 aliphatic carbocycles. The third-order valence-electron chi connectivity index (χ3n) is 7.18. The molecule has 0 radical (unpaired) electrons. The Morgan fingerprint density at radius 1 is 1.37 bits per heavy atom. The lowest BCUT2D eigenvalue weighted by atomic mass is 9.68. The van der Waals surface area contributed by atoms with Gasteiger partial charge in [0.1, 0.15) is 24.9 Å². The Hall–Kier alpha value is -0.520. The van der Waals surface area contributed by atoms with Gasteiger partial charge in [-0.3, -0.25) is 4.79 Å². The first-order valence-corrected chi connectivity index (χ1v) is 14.6. The summed E-state index contributed by atoms with van der Waals surface area (Å²) >= 11 is 0. The van der Waals surface area contributed by atoms with Crippen molar-refractivity contribution in [1.29, 1.82) is 0 Å². The molecule has 0 unspecified atom stereocenters. The van der Waals surface area contributed by atoms with Crippen LogP contribution in [0.4, 0.5) is 0 Å². The summed E-state index contributed by atoms with van der Waals surface area (Å²) in [6.45, 7) is 10.7. The molecule has 0 aromatic heterocycles. The molecule has 3 rings (SSSR count). The van der Waals surface area contributed by atoms with Crippen molar-refractivity contribution in [3.8, 4) is 0 Å². The fourth-order valence-corrected chi connectivity index (χ4v) is 6.14. The van der Waals surface area contributed by atoms with Gasteiger partial charge in [0.2, 0.25) is 5.91 Å². The first kappa shape index (κ1) is 24.1. The molecule has 6 atom stereocenters. The number of fused-ring (bicyclic) bond motifs is 1. The maximum absolute atomic E-state index is 13.6. The molecule has 0 aromatic carbocycles. The van der Waals surface area contributed by atoms with Gasteiger partial charge in [-0.25, -0.2) is 4.52 Å². The number of nitrogens with zero attached hydrogens (tertiary/aromatic N) is 1. The average Bonchev–Trinajstić information content (AvgIpc) is 3.15. The van der Waals surface area contributed by atoms with Crippen LogP contribution in [0.5, 0.6) is 0 Å². The van der Waals surface area contributed by atoms with Gasteiger partial charge in [0.15, 0.2) is 0 Å². The van der Waals surface area contributed by atoms with Crippen LogP contribution in [0.3, 0.4) is 0 Å². The zero-order valence-corrected chi connectivity index (χ0v) is 20.2. The maximum Gasteiger partial charge on any atom is 0.231 e. The zero-order chi connectivity index (χ0) is 22.2. The summed E-state index contributed by atoms with van der Waals surface area (Å²) in [4.78, 5) is 15.4. The second-order valence-electron chi connectivity index (χ2n) is 10.2. The van der Waals surface area contributed by atoms with Crippen LogP contribution in [-0.4, -0.2) is 77.7 Å². The maximum atomic E-state index is 13.6. The molecule has 0 saturated carbocycles. The van der Waals surface area contributed by atoms with Gasteiger partial charge in [-0.1, -0.05) is 25.5 Å². The number of aliphatic hydroxyl groups is 2. The van der Waals surface area contributed by atoms with E-state index in [1.54, 1.807) is 11.8 Å². The molecule has 1 amide bonds. The second kappa shape index (κ2) is 9.15. The number of rotatable bonds is 9. The van der Waals surface area contributed by atoms with Crippen LogP contribution in [0, 0.1) is 11.8 Å². The Labute approximate surface area is 182 Å². The molecule has 2 heterocycles. The van der Waals surface area contributed by atoms with Gasteiger partial charge in [-0.05, 0) is 45.4 Å². The monoisotopic (exact) mass is 442 g/mol. The van der Waals surface area contributed by atoms with E-state index in [0.717, 1.165) is 38.5 Å². The van der Waals surface area contributed by atoms with Crippen LogP contribution in [0.1, 0.15) is 58.8 Å². The van der Waals surface area contributed by atoms with Gasteiger partial charge in [0, 0.05) is 5.92 Å². The predicted molar refractivity (Wildman–Crippen MR) is 121 cm³/mol. The first-order chi connectivity index (χ1) is 14.1. The third kappa shape index (κ3) is 4.23. The number of ether oxygens (including phenoxy) is 1. The normalized spacial score (nSPS) is 37.6. The van der Waals surface area contributed by atoms with E-state index in [2.05, 4.69) is 39.1 Å². The molecule has 172 valence electrons. The zero-order valence-electron chi connectivity index (χ0n) is 19.3. The number of unbranched alkanes of at least 4 members (excludes halogenated alkanes) is 1. The highest BCUT2D eigenvalue weighted by Gasteiger charge is 2.73. The Morgan fingerprint density at radius 2 is 2.10 bits per heavy atom. The van der Waals surface area contributed by atoms with Crippen molar-refractivity contribution in [2.75, 3.05) is 33.2 Å². The largest absolute Gasteiger partial charge is 0.390 e. The number of carbonyl (C=O) groups is 1. The van der Waals surface area contributed by atoms with Crippen molar-refractivity contribution < 1.29 is 24.3 Å². The van der Waals surface area contributed by atoms with Crippen LogP contribution in [0.2, 0.25) is 0 Å². The Morgan fingerprint density at radius 3 is 2.70 bits per heavy atom. The van der Waals surface area contributed by atoms with E-state index >= 15 is 0 Å². The van der Waals surface area contributed by atoms with E-state index in [1.807, 2.05) is 0 Å². The quantitative estimate of drug-likeness (QED) is 0.423. The van der Waals surface area contributed by atoms with Gasteiger partial charge in [0.25, 0.3) is 0 Å². The topological polar surface area (TPSA) is 79.2 Å². The van der Waals surface area contributed by atoms with E-state index in [-0.39, 0.29) is 24.7 Å². The highest BCUT2D eigenvalue weighted by Crippen LogP contribution is 2.54. The summed E-state index contributed by atoms with van der Waals surface area (Å²) in [5.41, 5.74) is -2.51. The molecular weight excluding hydrogens is 401 g/mol. The Bertz CT molecular complexity index is 646. The van der Waals surface area contributed by atoms with Crippen LogP contribution in [-0.2, 0) is 14.1 Å². The SMILES string of the molecule is CCCC[C@@H]1OC[C@]2([C@@H](O)[C@@H]3C=CCCC3)N1C(=O)[C@H](CCO[P+](C)(C)C)[C@]2(C)O. The lowest BCUT2D eigenvalue weighted by Crippen LogP contribution is -2.66. The molecule has 0 bridgehead atoms. The number of aliphatic hydroxyl groups excluding tert-OH is 1. The van der Waals surface area contributed by atoms with E-state index in [4.69, 9.17) is 9.26 Å². The first-order valence-electron chi connectivity index (χ1n) is 11.5. The lowest BCUT2D eigenvalue weighted by Gasteiger charge is -2.46. The predicted octanol–water partition coefficient (Wildman–Crippen LogP) is 3.43. The van der Waals surface area contributed by atoms with Gasteiger partial charge in [0.05, 0.1) is 45.2 Å². The van der Waals surface area contributed by atoms with E-state index in [1.165, 1.54) is 0 Å². The summed E-state index contributed by atoms with van der Waals surface area (Å²) in [5, 5.41) is 23.4. The number of hydrogen-bond acceptors (Lipinski definition) is 5. The van der Waals surface area contributed by atoms with Gasteiger partial charge in [-0.15, -0.1) is 0 Å². The Balaban J connectivity index is 1.92. The fourth-order valence-electron chi connectivity index (χ4n) is 5.49. The molecule has 2 saturated heterocycles. The van der Waals surface area contributed by atoms with Crippen molar-refractivity contribution in [3.05, 3.63) is 12.2 Å². The molecule has 2 fully saturated rings. The second-order valence-corrected chi connectivity index (χ2v) is 14.3. The summed E-state index contributed by atoms with van der Waals surface area (Å²) < 4.78 is 12.1. The Kier molecular flexibility index (Phi) is 7.36.